The van der Waals surface area contributed by atoms with Crippen LogP contribution in [0.3, 0.4) is 0 Å². The molecule has 1 atom stereocenters. The molecule has 0 spiro atoms. The minimum absolute atomic E-state index is 0.00360. The Labute approximate surface area is 89.5 Å². The molecule has 82 valence electrons. The van der Waals surface area contributed by atoms with Crippen molar-refractivity contribution in [1.82, 2.24) is 0 Å². The molecule has 3 heteroatoms. The molecule has 1 N–H and O–H groups in total. The highest BCUT2D eigenvalue weighted by molar-refractivity contribution is 5.90. The molecule has 0 aromatic carbocycles. The molecule has 0 radical (unpaired) electrons. The summed E-state index contributed by atoms with van der Waals surface area (Å²) < 4.78 is 0. The molecule has 0 unspecified atom stereocenters. The molecule has 15 heavy (non-hydrogen) atoms. The second-order valence-electron chi connectivity index (χ2n) is 3.69. The topological polar surface area (TPSA) is 54.4 Å². The first kappa shape index (κ1) is 11.7. The van der Waals surface area contributed by atoms with Crippen LogP contribution < -0.4 is 0 Å². The van der Waals surface area contributed by atoms with Crippen LogP contribution in [0.15, 0.2) is 23.8 Å². The van der Waals surface area contributed by atoms with Crippen molar-refractivity contribution in [3.63, 3.8) is 0 Å². The number of carbonyl (C=O) groups is 2. The molecule has 1 aliphatic carbocycles. The molecule has 1 rings (SSSR count). The fourth-order valence-corrected chi connectivity index (χ4v) is 1.77. The summed E-state index contributed by atoms with van der Waals surface area (Å²) >= 11 is 0. The van der Waals surface area contributed by atoms with Gasteiger partial charge in [0, 0.05) is 12.3 Å². The van der Waals surface area contributed by atoms with E-state index in [-0.39, 0.29) is 18.1 Å². The highest BCUT2D eigenvalue weighted by atomic mass is 16.4. The van der Waals surface area contributed by atoms with Crippen LogP contribution in [0.25, 0.3) is 0 Å². The van der Waals surface area contributed by atoms with Crippen LogP contribution >= 0.6 is 0 Å². The number of rotatable bonds is 5. The molecule has 0 fully saturated rings. The van der Waals surface area contributed by atoms with Gasteiger partial charge in [-0.2, -0.15) is 0 Å². The molecule has 0 bridgehead atoms. The maximum atomic E-state index is 11.5. The van der Waals surface area contributed by atoms with Crippen LogP contribution in [-0.4, -0.2) is 16.9 Å². The lowest BCUT2D eigenvalue weighted by Gasteiger charge is -2.09. The molecule has 0 aliphatic heterocycles. The maximum absolute atomic E-state index is 11.5. The van der Waals surface area contributed by atoms with E-state index in [4.69, 9.17) is 5.11 Å². The molecule has 1 aliphatic rings. The second-order valence-corrected chi connectivity index (χ2v) is 3.69. The maximum Gasteiger partial charge on any atom is 0.307 e. The monoisotopic (exact) mass is 208 g/mol. The van der Waals surface area contributed by atoms with Crippen LogP contribution in [0.4, 0.5) is 0 Å². The first-order valence-electron chi connectivity index (χ1n) is 5.23. The third-order valence-corrected chi connectivity index (χ3v) is 2.53. The molecule has 0 saturated heterocycles. The zero-order chi connectivity index (χ0) is 11.3. The minimum Gasteiger partial charge on any atom is -0.481 e. The summed E-state index contributed by atoms with van der Waals surface area (Å²) in [6, 6.07) is 0. The van der Waals surface area contributed by atoms with Gasteiger partial charge in [0.15, 0.2) is 0 Å². The van der Waals surface area contributed by atoms with E-state index >= 15 is 0 Å². The van der Waals surface area contributed by atoms with Gasteiger partial charge in [-0.1, -0.05) is 30.7 Å². The zero-order valence-electron chi connectivity index (χ0n) is 8.90. The van der Waals surface area contributed by atoms with E-state index in [9.17, 15) is 9.59 Å². The predicted molar refractivity (Wildman–Crippen MR) is 57.5 cm³/mol. The van der Waals surface area contributed by atoms with Gasteiger partial charge in [0.2, 0.25) is 0 Å². The van der Waals surface area contributed by atoms with Crippen molar-refractivity contribution >= 4 is 11.8 Å². The Morgan fingerprint density at radius 1 is 1.60 bits per heavy atom. The molecule has 0 aromatic heterocycles. The Hall–Kier alpha value is -1.38. The van der Waals surface area contributed by atoms with Gasteiger partial charge < -0.3 is 5.11 Å². The second kappa shape index (κ2) is 5.49. The van der Waals surface area contributed by atoms with E-state index in [1.807, 2.05) is 19.1 Å². The average molecular weight is 208 g/mol. The molecule has 0 heterocycles. The Bertz CT molecular complexity index is 313. The third-order valence-electron chi connectivity index (χ3n) is 2.53. The number of hydrogen-bond acceptors (Lipinski definition) is 2. The average Bonchev–Trinajstić information content (AvgIpc) is 2.49. The Morgan fingerprint density at radius 3 is 2.93 bits per heavy atom. The SMILES string of the molecule is CC/C=C\C[C@H]1C(=O)CC=C1CC(=O)O. The van der Waals surface area contributed by atoms with Crippen LogP contribution in [0.2, 0.25) is 0 Å². The Kier molecular flexibility index (Phi) is 4.28. The van der Waals surface area contributed by atoms with E-state index in [2.05, 4.69) is 0 Å². The number of aliphatic carboxylic acids is 1. The van der Waals surface area contributed by atoms with Crippen molar-refractivity contribution in [2.45, 2.75) is 32.6 Å². The molecular weight excluding hydrogens is 192 g/mol. The van der Waals surface area contributed by atoms with Crippen molar-refractivity contribution in [2.24, 2.45) is 5.92 Å². The molecule has 0 aromatic rings. The summed E-state index contributed by atoms with van der Waals surface area (Å²) in [4.78, 5) is 22.0. The molecular formula is C12H16O3. The summed E-state index contributed by atoms with van der Waals surface area (Å²) in [5.74, 6) is -0.906. The van der Waals surface area contributed by atoms with Gasteiger partial charge in [-0.05, 0) is 12.8 Å². The zero-order valence-corrected chi connectivity index (χ0v) is 8.90. The van der Waals surface area contributed by atoms with Crippen molar-refractivity contribution in [1.29, 1.82) is 0 Å². The summed E-state index contributed by atoms with van der Waals surface area (Å²) in [6.07, 6.45) is 7.71. The number of carboxylic acids is 1. The van der Waals surface area contributed by atoms with Crippen LogP contribution in [0.5, 0.6) is 0 Å². The minimum atomic E-state index is -0.861. The number of ketones is 1. The van der Waals surface area contributed by atoms with Crippen molar-refractivity contribution < 1.29 is 14.7 Å². The van der Waals surface area contributed by atoms with Crippen molar-refractivity contribution in [2.75, 3.05) is 0 Å². The fourth-order valence-electron chi connectivity index (χ4n) is 1.77. The lowest BCUT2D eigenvalue weighted by atomic mass is 9.94. The van der Waals surface area contributed by atoms with E-state index in [0.717, 1.165) is 12.0 Å². The van der Waals surface area contributed by atoms with Crippen molar-refractivity contribution in [3.8, 4) is 0 Å². The van der Waals surface area contributed by atoms with E-state index < -0.39 is 5.97 Å². The summed E-state index contributed by atoms with van der Waals surface area (Å²) in [5.41, 5.74) is 0.772. The number of Topliss-reactive ketones (excluding diaryl/α,β-unsaturated/α-hetero) is 1. The molecule has 3 nitrogen and oxygen atoms in total. The highest BCUT2D eigenvalue weighted by Crippen LogP contribution is 2.28. The van der Waals surface area contributed by atoms with Gasteiger partial charge in [0.05, 0.1) is 6.42 Å². The standard InChI is InChI=1S/C12H16O3/c1-2-3-4-5-10-9(8-12(14)15)6-7-11(10)13/h3-4,6,10H,2,5,7-8H2,1H3,(H,14,15)/b4-3-/t10-/m1/s1. The van der Waals surface area contributed by atoms with Gasteiger partial charge >= 0.3 is 5.97 Å². The number of carbonyl (C=O) groups excluding carboxylic acids is 1. The summed E-state index contributed by atoms with van der Waals surface area (Å²) in [6.45, 7) is 2.03. The van der Waals surface area contributed by atoms with Crippen LogP contribution in [0, 0.1) is 5.92 Å². The van der Waals surface area contributed by atoms with Gasteiger partial charge in [-0.15, -0.1) is 0 Å². The quantitative estimate of drug-likeness (QED) is 0.705. The van der Waals surface area contributed by atoms with Gasteiger partial charge in [0.25, 0.3) is 0 Å². The highest BCUT2D eigenvalue weighted by Gasteiger charge is 2.27. The number of hydrogen-bond donors (Lipinski definition) is 1. The largest absolute Gasteiger partial charge is 0.481 e. The third kappa shape index (κ3) is 3.35. The van der Waals surface area contributed by atoms with Gasteiger partial charge in [-0.25, -0.2) is 0 Å². The van der Waals surface area contributed by atoms with Crippen LogP contribution in [0.1, 0.15) is 32.6 Å². The molecule has 0 amide bonds. The van der Waals surface area contributed by atoms with E-state index in [1.165, 1.54) is 0 Å². The number of carboxylic acid groups (broad SMARTS) is 1. The first-order chi connectivity index (χ1) is 7.15. The molecule has 0 saturated carbocycles. The predicted octanol–water partition coefficient (Wildman–Crippen LogP) is 2.33. The summed E-state index contributed by atoms with van der Waals surface area (Å²) in [7, 11) is 0. The fraction of sp³-hybridized carbons (Fsp3) is 0.500. The van der Waals surface area contributed by atoms with E-state index in [1.54, 1.807) is 6.08 Å². The summed E-state index contributed by atoms with van der Waals surface area (Å²) in [5, 5.41) is 8.68. The first-order valence-corrected chi connectivity index (χ1v) is 5.23. The number of allylic oxidation sites excluding steroid dienone is 3. The van der Waals surface area contributed by atoms with Crippen LogP contribution in [-0.2, 0) is 9.59 Å². The van der Waals surface area contributed by atoms with Gasteiger partial charge in [-0.3, -0.25) is 9.59 Å². The Balaban J connectivity index is 2.59. The van der Waals surface area contributed by atoms with Gasteiger partial charge in [0.1, 0.15) is 5.78 Å². The lowest BCUT2D eigenvalue weighted by Crippen LogP contribution is -2.12. The lowest BCUT2D eigenvalue weighted by molar-refractivity contribution is -0.136. The van der Waals surface area contributed by atoms with E-state index in [0.29, 0.717) is 12.8 Å². The smallest absolute Gasteiger partial charge is 0.307 e. The van der Waals surface area contributed by atoms with Crippen molar-refractivity contribution in [3.05, 3.63) is 23.8 Å². The Morgan fingerprint density at radius 2 is 2.33 bits per heavy atom. The normalized spacial score (nSPS) is 21.0.